The molecule has 3 N–H and O–H groups in total. The zero-order chi connectivity index (χ0) is 13.2. The van der Waals surface area contributed by atoms with Gasteiger partial charge >= 0.3 is 0 Å². The summed E-state index contributed by atoms with van der Waals surface area (Å²) in [7, 11) is 0. The number of aliphatic hydroxyl groups is 1. The zero-order valence-corrected chi connectivity index (χ0v) is 10.3. The van der Waals surface area contributed by atoms with Gasteiger partial charge in [0, 0.05) is 19.3 Å². The Bertz CT molecular complexity index is 439. The van der Waals surface area contributed by atoms with Crippen LogP contribution in [0.2, 0.25) is 0 Å². The number of carbonyl (C=O) groups is 2. The number of hydrogen-bond acceptors (Lipinski definition) is 4. The van der Waals surface area contributed by atoms with E-state index in [1.54, 1.807) is 25.3 Å². The number of rotatable bonds is 3. The van der Waals surface area contributed by atoms with E-state index in [-0.39, 0.29) is 12.5 Å². The van der Waals surface area contributed by atoms with E-state index < -0.39 is 11.5 Å². The second kappa shape index (κ2) is 4.91. The largest absolute Gasteiger partial charge is 0.389 e. The number of amides is 2. The summed E-state index contributed by atoms with van der Waals surface area (Å²) in [6, 6.07) is 3.29. The molecule has 1 aromatic rings. The van der Waals surface area contributed by atoms with Gasteiger partial charge in [-0.1, -0.05) is 0 Å². The molecule has 0 aromatic carbocycles. The van der Waals surface area contributed by atoms with E-state index in [0.717, 1.165) is 0 Å². The highest BCUT2D eigenvalue weighted by Gasteiger charge is 2.32. The molecular weight excluding hydrogens is 234 g/mol. The van der Waals surface area contributed by atoms with Crippen molar-refractivity contribution >= 4 is 11.8 Å². The van der Waals surface area contributed by atoms with E-state index in [9.17, 15) is 14.7 Å². The van der Waals surface area contributed by atoms with Crippen LogP contribution >= 0.6 is 0 Å². The molecule has 0 bridgehead atoms. The average molecular weight is 251 g/mol. The van der Waals surface area contributed by atoms with Crippen LogP contribution in [-0.2, 0) is 4.79 Å². The summed E-state index contributed by atoms with van der Waals surface area (Å²) in [5.74, 6) is -0.789. The number of hydrogen-bond donors (Lipinski definition) is 3. The Kier molecular flexibility index (Phi) is 3.49. The zero-order valence-electron chi connectivity index (χ0n) is 10.3. The lowest BCUT2D eigenvalue weighted by atomic mass is 10.1. The second-order valence-corrected chi connectivity index (χ2v) is 4.92. The van der Waals surface area contributed by atoms with Gasteiger partial charge in [0.05, 0.1) is 12.1 Å². The number of aromatic amines is 1. The minimum Gasteiger partial charge on any atom is -0.389 e. The van der Waals surface area contributed by atoms with Gasteiger partial charge in [-0.3, -0.25) is 19.8 Å². The van der Waals surface area contributed by atoms with Crippen molar-refractivity contribution in [3.8, 4) is 0 Å². The smallest absolute Gasteiger partial charge is 0.274 e. The van der Waals surface area contributed by atoms with Gasteiger partial charge in [-0.25, -0.2) is 0 Å². The highest BCUT2D eigenvalue weighted by atomic mass is 16.3. The molecule has 1 saturated heterocycles. The summed E-state index contributed by atoms with van der Waals surface area (Å²) in [5, 5.41) is 12.1. The topological polar surface area (TPSA) is 85.4 Å². The summed E-state index contributed by atoms with van der Waals surface area (Å²) in [5.41, 5.74) is -0.374. The molecule has 0 aliphatic carbocycles. The molecule has 1 unspecified atom stereocenters. The third-order valence-corrected chi connectivity index (χ3v) is 2.99. The maximum absolute atomic E-state index is 11.6. The summed E-state index contributed by atoms with van der Waals surface area (Å²) >= 11 is 0. The summed E-state index contributed by atoms with van der Waals surface area (Å²) in [6.07, 6.45) is 2.27. The van der Waals surface area contributed by atoms with Crippen molar-refractivity contribution in [3.05, 3.63) is 24.0 Å². The molecule has 0 radical (unpaired) electrons. The fourth-order valence-electron chi connectivity index (χ4n) is 2.08. The van der Waals surface area contributed by atoms with Crippen LogP contribution in [0.1, 0.15) is 23.8 Å². The lowest BCUT2D eigenvalue weighted by molar-refractivity contribution is -0.121. The maximum atomic E-state index is 11.6. The first-order valence-electron chi connectivity index (χ1n) is 5.89. The number of nitrogens with zero attached hydrogens (tertiary/aromatic N) is 1. The molecule has 1 aromatic heterocycles. The average Bonchev–Trinajstić information content (AvgIpc) is 2.87. The second-order valence-electron chi connectivity index (χ2n) is 4.92. The molecule has 0 saturated carbocycles. The first-order valence-corrected chi connectivity index (χ1v) is 5.89. The number of β-amino-alcohol motifs (C(OH)–C–C–N with tert-alkyl or cyclic N) is 1. The van der Waals surface area contributed by atoms with Crippen molar-refractivity contribution in [3.63, 3.8) is 0 Å². The van der Waals surface area contributed by atoms with Crippen LogP contribution in [0.3, 0.4) is 0 Å². The SMILES string of the molecule is CC1(O)CCN(CC(=O)NC(=O)c2ccc[nH]2)C1. The van der Waals surface area contributed by atoms with Crippen molar-refractivity contribution in [2.75, 3.05) is 19.6 Å². The molecule has 98 valence electrons. The van der Waals surface area contributed by atoms with Gasteiger partial charge in [-0.2, -0.15) is 0 Å². The Labute approximate surface area is 105 Å². The van der Waals surface area contributed by atoms with Gasteiger partial charge in [0.2, 0.25) is 5.91 Å². The van der Waals surface area contributed by atoms with E-state index in [1.807, 2.05) is 4.90 Å². The predicted octanol–water partition coefficient (Wildman–Crippen LogP) is -0.272. The molecular formula is C12H17N3O3. The number of likely N-dealkylation sites (tertiary alicyclic amines) is 1. The molecule has 2 rings (SSSR count). The Balaban J connectivity index is 1.81. The van der Waals surface area contributed by atoms with Crippen LogP contribution in [0, 0.1) is 0 Å². The molecule has 18 heavy (non-hydrogen) atoms. The number of aromatic nitrogens is 1. The fraction of sp³-hybridized carbons (Fsp3) is 0.500. The normalized spacial score (nSPS) is 24.1. The van der Waals surface area contributed by atoms with Crippen molar-refractivity contribution in [2.45, 2.75) is 18.9 Å². The predicted molar refractivity (Wildman–Crippen MR) is 64.9 cm³/mol. The van der Waals surface area contributed by atoms with Crippen LogP contribution in [0.25, 0.3) is 0 Å². The van der Waals surface area contributed by atoms with Gasteiger partial charge in [0.1, 0.15) is 5.69 Å². The summed E-state index contributed by atoms with van der Waals surface area (Å²) in [4.78, 5) is 27.8. The van der Waals surface area contributed by atoms with Gasteiger partial charge in [0.15, 0.2) is 0 Å². The first-order chi connectivity index (χ1) is 8.46. The molecule has 1 fully saturated rings. The van der Waals surface area contributed by atoms with Gasteiger partial charge in [-0.15, -0.1) is 0 Å². The van der Waals surface area contributed by atoms with E-state index in [0.29, 0.717) is 25.2 Å². The van der Waals surface area contributed by atoms with Crippen LogP contribution in [0.5, 0.6) is 0 Å². The molecule has 6 nitrogen and oxygen atoms in total. The van der Waals surface area contributed by atoms with E-state index in [2.05, 4.69) is 10.3 Å². The highest BCUT2D eigenvalue weighted by molar-refractivity contribution is 6.04. The van der Waals surface area contributed by atoms with E-state index in [4.69, 9.17) is 0 Å². The lowest BCUT2D eigenvalue weighted by Crippen LogP contribution is -2.40. The molecule has 1 atom stereocenters. The van der Waals surface area contributed by atoms with Crippen molar-refractivity contribution in [1.29, 1.82) is 0 Å². The third kappa shape index (κ3) is 3.18. The van der Waals surface area contributed by atoms with Crippen LogP contribution in [0.4, 0.5) is 0 Å². The van der Waals surface area contributed by atoms with E-state index >= 15 is 0 Å². The van der Waals surface area contributed by atoms with Crippen molar-refractivity contribution in [2.24, 2.45) is 0 Å². The van der Waals surface area contributed by atoms with Gasteiger partial charge in [-0.05, 0) is 25.5 Å². The molecule has 2 amide bonds. The van der Waals surface area contributed by atoms with Crippen LogP contribution < -0.4 is 5.32 Å². The van der Waals surface area contributed by atoms with Crippen LogP contribution in [-0.4, -0.2) is 52.0 Å². The number of nitrogens with one attached hydrogen (secondary N) is 2. The Hall–Kier alpha value is -1.66. The standard InChI is InChI=1S/C12H17N3O3/c1-12(18)4-6-15(8-12)7-10(16)14-11(17)9-3-2-5-13-9/h2-3,5,13,18H,4,6-8H2,1H3,(H,14,16,17). The number of imide groups is 1. The Morgan fingerprint density at radius 1 is 1.61 bits per heavy atom. The molecule has 1 aliphatic rings. The third-order valence-electron chi connectivity index (χ3n) is 2.99. The van der Waals surface area contributed by atoms with Crippen molar-refractivity contribution < 1.29 is 14.7 Å². The van der Waals surface area contributed by atoms with Crippen molar-refractivity contribution in [1.82, 2.24) is 15.2 Å². The minimum atomic E-state index is -0.732. The molecule has 1 aliphatic heterocycles. The fourth-order valence-corrected chi connectivity index (χ4v) is 2.08. The highest BCUT2D eigenvalue weighted by Crippen LogP contribution is 2.19. The van der Waals surface area contributed by atoms with E-state index in [1.165, 1.54) is 0 Å². The molecule has 0 spiro atoms. The van der Waals surface area contributed by atoms with Gasteiger partial charge in [0.25, 0.3) is 5.91 Å². The number of carbonyl (C=O) groups excluding carboxylic acids is 2. The molecule has 6 heteroatoms. The summed E-state index contributed by atoms with van der Waals surface area (Å²) in [6.45, 7) is 2.99. The monoisotopic (exact) mass is 251 g/mol. The molecule has 2 heterocycles. The maximum Gasteiger partial charge on any atom is 0.274 e. The Morgan fingerprint density at radius 3 is 2.94 bits per heavy atom. The minimum absolute atomic E-state index is 0.128. The van der Waals surface area contributed by atoms with Gasteiger partial charge < -0.3 is 10.1 Å². The Morgan fingerprint density at radius 2 is 2.39 bits per heavy atom. The first kappa shape index (κ1) is 12.8. The quantitative estimate of drug-likeness (QED) is 0.690. The summed E-state index contributed by atoms with van der Waals surface area (Å²) < 4.78 is 0. The van der Waals surface area contributed by atoms with Crippen LogP contribution in [0.15, 0.2) is 18.3 Å². The lowest BCUT2D eigenvalue weighted by Gasteiger charge is -2.17. The number of H-pyrrole nitrogens is 1.